The van der Waals surface area contributed by atoms with Gasteiger partial charge in [0.2, 0.25) is 5.91 Å². The van der Waals surface area contributed by atoms with Crippen LogP contribution in [-0.4, -0.2) is 19.0 Å². The lowest BCUT2D eigenvalue weighted by Gasteiger charge is -2.18. The molecule has 0 aromatic heterocycles. The number of amides is 1. The normalized spacial score (nSPS) is 31.8. The Morgan fingerprint density at radius 2 is 2.25 bits per heavy atom. The zero-order valence-corrected chi connectivity index (χ0v) is 7.25. The van der Waals surface area contributed by atoms with E-state index in [0.29, 0.717) is 12.5 Å². The minimum atomic E-state index is 0.225. The van der Waals surface area contributed by atoms with Gasteiger partial charge in [-0.25, -0.2) is 0 Å². The van der Waals surface area contributed by atoms with Crippen molar-refractivity contribution in [2.24, 2.45) is 23.5 Å². The molecule has 0 spiro atoms. The minimum absolute atomic E-state index is 0.225. The fourth-order valence-corrected chi connectivity index (χ4v) is 2.23. The van der Waals surface area contributed by atoms with Crippen LogP contribution in [0.4, 0.5) is 0 Å². The lowest BCUT2D eigenvalue weighted by molar-refractivity contribution is -0.124. The molecule has 1 saturated carbocycles. The van der Waals surface area contributed by atoms with Crippen molar-refractivity contribution < 1.29 is 4.79 Å². The van der Waals surface area contributed by atoms with Crippen molar-refractivity contribution in [3.8, 4) is 0 Å². The third-order valence-electron chi connectivity index (χ3n) is 3.11. The summed E-state index contributed by atoms with van der Waals surface area (Å²) in [5.74, 6) is 1.68. The van der Waals surface area contributed by atoms with Crippen molar-refractivity contribution >= 4 is 5.91 Å². The molecule has 3 heteroatoms. The maximum Gasteiger partial charge on any atom is 0.223 e. The molecule has 0 aromatic rings. The van der Waals surface area contributed by atoms with E-state index in [1.165, 1.54) is 12.8 Å². The SMILES string of the molecule is NCC(C1CC1)C1CCNC1=O. The van der Waals surface area contributed by atoms with Gasteiger partial charge in [0, 0.05) is 12.5 Å². The smallest absolute Gasteiger partial charge is 0.223 e. The van der Waals surface area contributed by atoms with Crippen LogP contribution in [-0.2, 0) is 4.79 Å². The van der Waals surface area contributed by atoms with E-state index in [1.54, 1.807) is 0 Å². The van der Waals surface area contributed by atoms with Gasteiger partial charge >= 0.3 is 0 Å². The zero-order chi connectivity index (χ0) is 8.55. The first-order chi connectivity index (χ1) is 5.83. The molecular formula is C9H16N2O. The summed E-state index contributed by atoms with van der Waals surface area (Å²) in [6.07, 6.45) is 3.56. The molecule has 0 bridgehead atoms. The van der Waals surface area contributed by atoms with E-state index < -0.39 is 0 Å². The van der Waals surface area contributed by atoms with E-state index in [0.717, 1.165) is 18.9 Å². The van der Waals surface area contributed by atoms with Crippen LogP contribution in [0.3, 0.4) is 0 Å². The van der Waals surface area contributed by atoms with Gasteiger partial charge in [-0.1, -0.05) is 0 Å². The van der Waals surface area contributed by atoms with Gasteiger partial charge in [-0.2, -0.15) is 0 Å². The number of nitrogens with one attached hydrogen (secondary N) is 1. The summed E-state index contributed by atoms with van der Waals surface area (Å²) in [6, 6.07) is 0. The molecule has 2 atom stereocenters. The summed E-state index contributed by atoms with van der Waals surface area (Å²) in [7, 11) is 0. The third kappa shape index (κ3) is 1.33. The van der Waals surface area contributed by atoms with E-state index >= 15 is 0 Å². The third-order valence-corrected chi connectivity index (χ3v) is 3.11. The van der Waals surface area contributed by atoms with Gasteiger partial charge < -0.3 is 11.1 Å². The summed E-state index contributed by atoms with van der Waals surface area (Å²) >= 11 is 0. The molecule has 2 rings (SSSR count). The Balaban J connectivity index is 1.99. The highest BCUT2D eigenvalue weighted by atomic mass is 16.2. The molecule has 68 valence electrons. The number of rotatable bonds is 3. The lowest BCUT2D eigenvalue weighted by atomic mass is 9.87. The van der Waals surface area contributed by atoms with Crippen molar-refractivity contribution in [2.75, 3.05) is 13.1 Å². The van der Waals surface area contributed by atoms with Gasteiger partial charge in [0.05, 0.1) is 0 Å². The highest BCUT2D eigenvalue weighted by molar-refractivity contribution is 5.81. The molecule has 2 unspecified atom stereocenters. The molecule has 1 heterocycles. The van der Waals surface area contributed by atoms with Crippen molar-refractivity contribution in [3.63, 3.8) is 0 Å². The number of carbonyl (C=O) groups excluding carboxylic acids is 1. The second kappa shape index (κ2) is 3.05. The topological polar surface area (TPSA) is 55.1 Å². The van der Waals surface area contributed by atoms with Crippen LogP contribution in [0.1, 0.15) is 19.3 Å². The Bertz CT molecular complexity index is 189. The van der Waals surface area contributed by atoms with Gasteiger partial charge in [-0.3, -0.25) is 4.79 Å². The van der Waals surface area contributed by atoms with Crippen LogP contribution in [0.5, 0.6) is 0 Å². The van der Waals surface area contributed by atoms with Crippen LogP contribution in [0, 0.1) is 17.8 Å². The molecule has 0 aromatic carbocycles. The molecule has 1 aliphatic carbocycles. The molecular weight excluding hydrogens is 152 g/mol. The van der Waals surface area contributed by atoms with E-state index in [1.807, 2.05) is 0 Å². The van der Waals surface area contributed by atoms with E-state index in [9.17, 15) is 4.79 Å². The molecule has 3 N–H and O–H groups in total. The Morgan fingerprint density at radius 1 is 1.50 bits per heavy atom. The maximum absolute atomic E-state index is 11.3. The quantitative estimate of drug-likeness (QED) is 0.628. The largest absolute Gasteiger partial charge is 0.356 e. The van der Waals surface area contributed by atoms with Crippen LogP contribution in [0.25, 0.3) is 0 Å². The maximum atomic E-state index is 11.3. The van der Waals surface area contributed by atoms with Crippen LogP contribution in [0.15, 0.2) is 0 Å². The average Bonchev–Trinajstić information content (AvgIpc) is 2.80. The van der Waals surface area contributed by atoms with Gasteiger partial charge in [0.15, 0.2) is 0 Å². The van der Waals surface area contributed by atoms with Crippen molar-refractivity contribution in [3.05, 3.63) is 0 Å². The second-order valence-electron chi connectivity index (χ2n) is 3.92. The zero-order valence-electron chi connectivity index (χ0n) is 7.25. The van der Waals surface area contributed by atoms with Gasteiger partial charge in [0.1, 0.15) is 0 Å². The highest BCUT2D eigenvalue weighted by Crippen LogP contribution is 2.41. The number of carbonyl (C=O) groups is 1. The van der Waals surface area contributed by atoms with Crippen molar-refractivity contribution in [2.45, 2.75) is 19.3 Å². The summed E-state index contributed by atoms with van der Waals surface area (Å²) in [6.45, 7) is 1.54. The summed E-state index contributed by atoms with van der Waals surface area (Å²) < 4.78 is 0. The van der Waals surface area contributed by atoms with E-state index in [4.69, 9.17) is 5.73 Å². The predicted octanol–water partition coefficient (Wildman–Crippen LogP) is 0.107. The fourth-order valence-electron chi connectivity index (χ4n) is 2.23. The molecule has 0 radical (unpaired) electrons. The molecule has 2 fully saturated rings. The number of nitrogens with two attached hydrogens (primary N) is 1. The summed E-state index contributed by atoms with van der Waals surface area (Å²) in [4.78, 5) is 11.3. The number of hydrogen-bond donors (Lipinski definition) is 2. The van der Waals surface area contributed by atoms with Crippen LogP contribution in [0.2, 0.25) is 0 Å². The summed E-state index contributed by atoms with van der Waals surface area (Å²) in [5.41, 5.74) is 5.68. The highest BCUT2D eigenvalue weighted by Gasteiger charge is 2.40. The second-order valence-corrected chi connectivity index (χ2v) is 3.92. The van der Waals surface area contributed by atoms with Gasteiger partial charge in [0.25, 0.3) is 0 Å². The predicted molar refractivity (Wildman–Crippen MR) is 46.4 cm³/mol. The van der Waals surface area contributed by atoms with Crippen molar-refractivity contribution in [1.82, 2.24) is 5.32 Å². The van der Waals surface area contributed by atoms with E-state index in [-0.39, 0.29) is 11.8 Å². The molecule has 1 saturated heterocycles. The standard InChI is InChI=1S/C9H16N2O/c10-5-8(6-1-2-6)7-3-4-11-9(7)12/h6-8H,1-5,10H2,(H,11,12). The van der Waals surface area contributed by atoms with Crippen LogP contribution >= 0.6 is 0 Å². The Hall–Kier alpha value is -0.570. The molecule has 1 aliphatic heterocycles. The van der Waals surface area contributed by atoms with Crippen molar-refractivity contribution in [1.29, 1.82) is 0 Å². The monoisotopic (exact) mass is 168 g/mol. The molecule has 1 amide bonds. The molecule has 2 aliphatic rings. The minimum Gasteiger partial charge on any atom is -0.356 e. The lowest BCUT2D eigenvalue weighted by Crippen LogP contribution is -2.31. The van der Waals surface area contributed by atoms with Gasteiger partial charge in [-0.15, -0.1) is 0 Å². The van der Waals surface area contributed by atoms with E-state index in [2.05, 4.69) is 5.32 Å². The first-order valence-corrected chi connectivity index (χ1v) is 4.80. The molecule has 12 heavy (non-hydrogen) atoms. The van der Waals surface area contributed by atoms with Gasteiger partial charge in [-0.05, 0) is 37.6 Å². The fraction of sp³-hybridized carbons (Fsp3) is 0.889. The Labute approximate surface area is 72.7 Å². The average molecular weight is 168 g/mol. The summed E-state index contributed by atoms with van der Waals surface area (Å²) in [5, 5.41) is 2.87. The number of hydrogen-bond acceptors (Lipinski definition) is 2. The first kappa shape index (κ1) is 8.05. The first-order valence-electron chi connectivity index (χ1n) is 4.80. The van der Waals surface area contributed by atoms with Crippen LogP contribution < -0.4 is 11.1 Å². The Kier molecular flexibility index (Phi) is 2.05. The Morgan fingerprint density at radius 3 is 2.67 bits per heavy atom. The molecule has 3 nitrogen and oxygen atoms in total.